The fourth-order valence-electron chi connectivity index (χ4n) is 0.995. The maximum Gasteiger partial charge on any atom is 0.147 e. The Kier molecular flexibility index (Phi) is 3.78. The van der Waals surface area contributed by atoms with E-state index in [0.29, 0.717) is 0 Å². The van der Waals surface area contributed by atoms with Gasteiger partial charge in [-0.25, -0.2) is 0 Å². The quantitative estimate of drug-likeness (QED) is 0.510. The van der Waals surface area contributed by atoms with Gasteiger partial charge in [0.15, 0.2) is 0 Å². The molecule has 0 unspecified atom stereocenters. The summed E-state index contributed by atoms with van der Waals surface area (Å²) in [5.74, 6) is 0. The van der Waals surface area contributed by atoms with Gasteiger partial charge in [-0.3, -0.25) is 0 Å². The molecule has 1 aromatic heterocycles. The molecular formula is C11H16ClNSi. The van der Waals surface area contributed by atoms with Gasteiger partial charge in [-0.2, -0.15) is 11.1 Å². The highest BCUT2D eigenvalue weighted by Gasteiger charge is 2.04. The summed E-state index contributed by atoms with van der Waals surface area (Å²) >= 11 is 5.67. The molecule has 1 aromatic carbocycles. The van der Waals surface area contributed by atoms with E-state index in [-0.39, 0.29) is 0 Å². The number of benzene rings is 1. The van der Waals surface area contributed by atoms with Crippen LogP contribution in [0, 0.1) is 0 Å². The van der Waals surface area contributed by atoms with Gasteiger partial charge < -0.3 is 4.98 Å². The molecule has 3 heteroatoms. The molecule has 0 saturated carbocycles. The molecule has 2 rings (SSSR count). The molecule has 0 atom stereocenters. The molecule has 0 radical (unpaired) electrons. The van der Waals surface area contributed by atoms with E-state index < -0.39 is 7.38 Å². The Bertz CT molecular complexity index is 353. The number of fused-ring (bicyclic) bond motifs is 1. The van der Waals surface area contributed by atoms with E-state index in [1.165, 1.54) is 10.9 Å². The minimum absolute atomic E-state index is 1.14. The van der Waals surface area contributed by atoms with Gasteiger partial charge in [-0.05, 0) is 17.5 Å². The molecule has 0 aliphatic heterocycles. The van der Waals surface area contributed by atoms with Crippen molar-refractivity contribution in [2.24, 2.45) is 0 Å². The smallest absolute Gasteiger partial charge is 0.147 e. The van der Waals surface area contributed by atoms with Gasteiger partial charge >= 0.3 is 0 Å². The molecule has 0 aliphatic rings. The van der Waals surface area contributed by atoms with E-state index in [0.717, 1.165) is 0 Å². The average molecular weight is 226 g/mol. The van der Waals surface area contributed by atoms with E-state index in [1.54, 1.807) is 0 Å². The molecule has 0 amide bonds. The van der Waals surface area contributed by atoms with Gasteiger partial charge in [0.25, 0.3) is 0 Å². The summed E-state index contributed by atoms with van der Waals surface area (Å²) in [7, 11) is -1.14. The summed E-state index contributed by atoms with van der Waals surface area (Å²) in [6, 6.07) is 10.3. The van der Waals surface area contributed by atoms with E-state index in [4.69, 9.17) is 11.1 Å². The van der Waals surface area contributed by atoms with E-state index in [1.807, 2.05) is 18.3 Å². The van der Waals surface area contributed by atoms with Crippen molar-refractivity contribution in [3.05, 3.63) is 36.5 Å². The number of para-hydroxylation sites is 1. The molecule has 0 spiro atoms. The third-order valence-corrected chi connectivity index (χ3v) is 1.46. The van der Waals surface area contributed by atoms with E-state index in [2.05, 4.69) is 42.8 Å². The molecule has 14 heavy (non-hydrogen) atoms. The normalized spacial score (nSPS) is 10.9. The van der Waals surface area contributed by atoms with Crippen LogP contribution < -0.4 is 0 Å². The van der Waals surface area contributed by atoms with Crippen LogP contribution in [0.3, 0.4) is 0 Å². The highest BCUT2D eigenvalue weighted by atomic mass is 35.6. The number of H-pyrrole nitrogens is 1. The second-order valence-corrected chi connectivity index (χ2v) is 11.7. The van der Waals surface area contributed by atoms with E-state index in [9.17, 15) is 0 Å². The summed E-state index contributed by atoms with van der Waals surface area (Å²) in [5, 5.41) is 1.28. The number of halogens is 1. The highest BCUT2D eigenvalue weighted by molar-refractivity contribution is 7.18. The van der Waals surface area contributed by atoms with Crippen molar-refractivity contribution in [3.63, 3.8) is 0 Å². The van der Waals surface area contributed by atoms with Crippen LogP contribution in [0.1, 0.15) is 0 Å². The van der Waals surface area contributed by atoms with Gasteiger partial charge in [-0.15, -0.1) is 0 Å². The first-order valence-corrected chi connectivity index (χ1v) is 9.19. The number of rotatable bonds is 0. The fourth-order valence-corrected chi connectivity index (χ4v) is 0.995. The molecular weight excluding hydrogens is 210 g/mol. The van der Waals surface area contributed by atoms with Crippen LogP contribution in [0.4, 0.5) is 0 Å². The van der Waals surface area contributed by atoms with Crippen molar-refractivity contribution in [2.45, 2.75) is 19.6 Å². The highest BCUT2D eigenvalue weighted by Crippen LogP contribution is 2.09. The lowest BCUT2D eigenvalue weighted by atomic mass is 10.3. The van der Waals surface area contributed by atoms with Gasteiger partial charge in [-0.1, -0.05) is 37.8 Å². The third kappa shape index (κ3) is 4.49. The van der Waals surface area contributed by atoms with Crippen LogP contribution in [0.25, 0.3) is 10.9 Å². The lowest BCUT2D eigenvalue weighted by molar-refractivity contribution is 1.48. The summed E-state index contributed by atoms with van der Waals surface area (Å²) in [5.41, 5.74) is 1.21. The second kappa shape index (κ2) is 4.67. The number of hydrogen-bond donors (Lipinski definition) is 1. The molecule has 0 saturated heterocycles. The summed E-state index contributed by atoms with van der Waals surface area (Å²) in [4.78, 5) is 3.12. The van der Waals surface area contributed by atoms with Crippen LogP contribution >= 0.6 is 11.1 Å². The first-order valence-electron chi connectivity index (χ1n) is 4.68. The number of aromatic amines is 1. The van der Waals surface area contributed by atoms with Gasteiger partial charge in [0.1, 0.15) is 7.38 Å². The topological polar surface area (TPSA) is 15.8 Å². The summed E-state index contributed by atoms with van der Waals surface area (Å²) in [6.45, 7) is 6.28. The van der Waals surface area contributed by atoms with Crippen LogP contribution in [0.2, 0.25) is 19.6 Å². The van der Waals surface area contributed by atoms with Crippen LogP contribution in [-0.2, 0) is 0 Å². The lowest BCUT2D eigenvalue weighted by Gasteiger charge is -1.97. The average Bonchev–Trinajstić information content (AvgIpc) is 2.47. The molecule has 1 N–H and O–H groups in total. The zero-order valence-corrected chi connectivity index (χ0v) is 10.6. The van der Waals surface area contributed by atoms with Crippen molar-refractivity contribution in [2.75, 3.05) is 0 Å². The summed E-state index contributed by atoms with van der Waals surface area (Å²) < 4.78 is 0. The largest absolute Gasteiger partial charge is 0.361 e. The Labute approximate surface area is 90.8 Å². The minimum Gasteiger partial charge on any atom is -0.361 e. The lowest BCUT2D eigenvalue weighted by Crippen LogP contribution is -2.06. The van der Waals surface area contributed by atoms with Gasteiger partial charge in [0.2, 0.25) is 0 Å². The number of nitrogens with one attached hydrogen (secondary N) is 1. The Morgan fingerprint density at radius 2 is 1.64 bits per heavy atom. The predicted molar refractivity (Wildman–Crippen MR) is 67.5 cm³/mol. The molecule has 0 fully saturated rings. The van der Waals surface area contributed by atoms with Gasteiger partial charge in [0.05, 0.1) is 0 Å². The summed E-state index contributed by atoms with van der Waals surface area (Å²) in [6.07, 6.45) is 1.95. The van der Waals surface area contributed by atoms with Crippen LogP contribution in [0.15, 0.2) is 36.5 Å². The Morgan fingerprint density at radius 3 is 2.21 bits per heavy atom. The third-order valence-electron chi connectivity index (χ3n) is 1.46. The molecule has 0 aliphatic carbocycles. The maximum absolute atomic E-state index is 5.67. The zero-order chi connectivity index (χ0) is 10.6. The predicted octanol–water partition coefficient (Wildman–Crippen LogP) is 4.23. The molecule has 1 nitrogen and oxygen atoms in total. The second-order valence-electron chi connectivity index (χ2n) is 4.13. The first-order chi connectivity index (χ1) is 6.47. The number of hydrogen-bond acceptors (Lipinski definition) is 0. The van der Waals surface area contributed by atoms with Crippen molar-refractivity contribution >= 4 is 29.4 Å². The fraction of sp³-hybridized carbons (Fsp3) is 0.273. The monoisotopic (exact) mass is 225 g/mol. The van der Waals surface area contributed by atoms with Crippen LogP contribution in [0.5, 0.6) is 0 Å². The Morgan fingerprint density at radius 1 is 1.07 bits per heavy atom. The standard InChI is InChI=1S/C8H7N.C3H9ClSi/c1-2-4-8-7(3-1)5-6-9-8;1-5(2,3)4/h1-6,9H;1-3H3. The van der Waals surface area contributed by atoms with Crippen molar-refractivity contribution < 1.29 is 0 Å². The first kappa shape index (κ1) is 11.3. The van der Waals surface area contributed by atoms with Crippen LogP contribution in [-0.4, -0.2) is 12.4 Å². The van der Waals surface area contributed by atoms with Crippen molar-refractivity contribution in [1.82, 2.24) is 4.98 Å². The SMILES string of the molecule is C[Si](C)(C)Cl.c1ccc2[nH]ccc2c1. The molecule has 1 heterocycles. The van der Waals surface area contributed by atoms with Gasteiger partial charge in [0, 0.05) is 11.7 Å². The minimum atomic E-state index is -1.14. The maximum atomic E-state index is 5.67. The Hall–Kier alpha value is -0.733. The number of aromatic nitrogens is 1. The molecule has 2 aromatic rings. The zero-order valence-electron chi connectivity index (χ0n) is 8.84. The van der Waals surface area contributed by atoms with Crippen molar-refractivity contribution in [1.29, 1.82) is 0 Å². The molecule has 76 valence electrons. The Balaban J connectivity index is 0.000000171. The van der Waals surface area contributed by atoms with Crippen molar-refractivity contribution in [3.8, 4) is 0 Å². The molecule has 0 bridgehead atoms. The van der Waals surface area contributed by atoms with E-state index >= 15 is 0 Å².